The summed E-state index contributed by atoms with van der Waals surface area (Å²) in [5.41, 5.74) is 2.02. The van der Waals surface area contributed by atoms with Crippen molar-refractivity contribution in [3.8, 4) is 0 Å². The van der Waals surface area contributed by atoms with Crippen molar-refractivity contribution in [1.82, 2.24) is 0 Å². The lowest BCUT2D eigenvalue weighted by atomic mass is 10.1. The van der Waals surface area contributed by atoms with Crippen molar-refractivity contribution >= 4 is 38.9 Å². The Morgan fingerprint density at radius 1 is 1.17 bits per heavy atom. The summed E-state index contributed by atoms with van der Waals surface area (Å²) in [5, 5.41) is 3.27. The topological polar surface area (TPSA) is 66.5 Å². The van der Waals surface area contributed by atoms with Gasteiger partial charge in [-0.3, -0.25) is 9.10 Å². The Morgan fingerprint density at radius 3 is 2.43 bits per heavy atom. The smallest absolute Gasteiger partial charge is 0.256 e. The van der Waals surface area contributed by atoms with Crippen LogP contribution >= 0.6 is 11.6 Å². The maximum atomic E-state index is 12.4. The number of halogens is 1. The second-order valence-corrected chi connectivity index (χ2v) is 7.59. The minimum atomic E-state index is -3.40. The highest BCUT2D eigenvalue weighted by atomic mass is 35.5. The van der Waals surface area contributed by atoms with Gasteiger partial charge in [-0.25, -0.2) is 8.42 Å². The third-order valence-electron chi connectivity index (χ3n) is 3.47. The molecule has 7 heteroatoms. The van der Waals surface area contributed by atoms with Gasteiger partial charge in [-0.2, -0.15) is 0 Å². The standard InChI is InChI=1S/C16H17ClN2O3S/c1-11-14(8-5-9-15(11)19(2)23(3,21)22)16(20)18-13-7-4-6-12(17)10-13/h4-10H,1-3H3,(H,18,20). The summed E-state index contributed by atoms with van der Waals surface area (Å²) in [6.45, 7) is 1.71. The predicted octanol–water partition coefficient (Wildman–Crippen LogP) is 3.30. The van der Waals surface area contributed by atoms with Crippen LogP contribution in [0.15, 0.2) is 42.5 Å². The molecule has 0 aliphatic rings. The Kier molecular flexibility index (Phi) is 4.97. The van der Waals surface area contributed by atoms with E-state index in [1.165, 1.54) is 7.05 Å². The normalized spacial score (nSPS) is 11.1. The van der Waals surface area contributed by atoms with Gasteiger partial charge in [0, 0.05) is 23.3 Å². The van der Waals surface area contributed by atoms with Crippen LogP contribution < -0.4 is 9.62 Å². The molecule has 0 fully saturated rings. The number of rotatable bonds is 4. The first-order valence-electron chi connectivity index (χ1n) is 6.80. The van der Waals surface area contributed by atoms with Gasteiger partial charge in [-0.15, -0.1) is 0 Å². The quantitative estimate of drug-likeness (QED) is 0.918. The fraction of sp³-hybridized carbons (Fsp3) is 0.188. The van der Waals surface area contributed by atoms with Crippen LogP contribution in [0.5, 0.6) is 0 Å². The van der Waals surface area contributed by atoms with E-state index >= 15 is 0 Å². The zero-order valence-corrected chi connectivity index (χ0v) is 14.6. The average molecular weight is 353 g/mol. The number of anilines is 2. The Morgan fingerprint density at radius 2 is 1.83 bits per heavy atom. The third kappa shape index (κ3) is 4.03. The van der Waals surface area contributed by atoms with Gasteiger partial charge in [0.15, 0.2) is 0 Å². The highest BCUT2D eigenvalue weighted by Gasteiger charge is 2.18. The fourth-order valence-electron chi connectivity index (χ4n) is 2.15. The van der Waals surface area contributed by atoms with E-state index in [0.29, 0.717) is 27.5 Å². The summed E-state index contributed by atoms with van der Waals surface area (Å²) in [4.78, 5) is 12.4. The van der Waals surface area contributed by atoms with E-state index in [1.807, 2.05) is 0 Å². The molecular formula is C16H17ClN2O3S. The number of carbonyl (C=O) groups is 1. The lowest BCUT2D eigenvalue weighted by Crippen LogP contribution is -2.26. The summed E-state index contributed by atoms with van der Waals surface area (Å²) >= 11 is 5.90. The number of nitrogens with zero attached hydrogens (tertiary/aromatic N) is 1. The molecule has 1 N–H and O–H groups in total. The van der Waals surface area contributed by atoms with Crippen LogP contribution in [0, 0.1) is 6.92 Å². The first-order valence-corrected chi connectivity index (χ1v) is 9.03. The zero-order valence-electron chi connectivity index (χ0n) is 13.0. The maximum Gasteiger partial charge on any atom is 0.256 e. The number of sulfonamides is 1. The highest BCUT2D eigenvalue weighted by Crippen LogP contribution is 2.25. The Balaban J connectivity index is 2.35. The lowest BCUT2D eigenvalue weighted by molar-refractivity contribution is 0.102. The van der Waals surface area contributed by atoms with Crippen LogP contribution in [-0.4, -0.2) is 27.6 Å². The number of hydrogen-bond donors (Lipinski definition) is 1. The number of nitrogens with one attached hydrogen (secondary N) is 1. The van der Waals surface area contributed by atoms with Gasteiger partial charge in [-0.05, 0) is 42.8 Å². The van der Waals surface area contributed by atoms with Crippen LogP contribution in [0.4, 0.5) is 11.4 Å². The zero-order chi connectivity index (χ0) is 17.2. The van der Waals surface area contributed by atoms with Crippen molar-refractivity contribution in [2.45, 2.75) is 6.92 Å². The summed E-state index contributed by atoms with van der Waals surface area (Å²) < 4.78 is 24.6. The molecule has 0 saturated heterocycles. The first kappa shape index (κ1) is 17.3. The molecule has 0 unspecified atom stereocenters. The van der Waals surface area contributed by atoms with Gasteiger partial charge in [0.05, 0.1) is 11.9 Å². The molecular weight excluding hydrogens is 336 g/mol. The molecule has 0 aromatic heterocycles. The molecule has 5 nitrogen and oxygen atoms in total. The van der Waals surface area contributed by atoms with E-state index in [0.717, 1.165) is 10.6 Å². The molecule has 0 radical (unpaired) electrons. The van der Waals surface area contributed by atoms with Crippen molar-refractivity contribution < 1.29 is 13.2 Å². The molecule has 122 valence electrons. The SMILES string of the molecule is Cc1c(C(=O)Nc2cccc(Cl)c2)cccc1N(C)S(C)(=O)=O. The lowest BCUT2D eigenvalue weighted by Gasteiger charge is -2.20. The molecule has 0 saturated carbocycles. The summed E-state index contributed by atoms with van der Waals surface area (Å²) in [6.07, 6.45) is 1.12. The maximum absolute atomic E-state index is 12.4. The molecule has 0 spiro atoms. The predicted molar refractivity (Wildman–Crippen MR) is 93.8 cm³/mol. The highest BCUT2D eigenvalue weighted by molar-refractivity contribution is 7.92. The van der Waals surface area contributed by atoms with Gasteiger partial charge < -0.3 is 5.32 Å². The molecule has 0 atom stereocenters. The van der Waals surface area contributed by atoms with Crippen molar-refractivity contribution in [1.29, 1.82) is 0 Å². The van der Waals surface area contributed by atoms with Gasteiger partial charge in [0.25, 0.3) is 5.91 Å². The van der Waals surface area contributed by atoms with Crippen LogP contribution in [0.2, 0.25) is 5.02 Å². The molecule has 2 aromatic carbocycles. The van der Waals surface area contributed by atoms with E-state index in [-0.39, 0.29) is 5.91 Å². The molecule has 0 aliphatic carbocycles. The third-order valence-corrected chi connectivity index (χ3v) is 4.90. The van der Waals surface area contributed by atoms with Crippen molar-refractivity contribution in [2.75, 3.05) is 22.9 Å². The van der Waals surface area contributed by atoms with Gasteiger partial charge in [0.2, 0.25) is 10.0 Å². The molecule has 23 heavy (non-hydrogen) atoms. The molecule has 0 bridgehead atoms. The molecule has 2 aromatic rings. The van der Waals surface area contributed by atoms with Crippen LogP contribution in [0.3, 0.4) is 0 Å². The van der Waals surface area contributed by atoms with Gasteiger partial charge >= 0.3 is 0 Å². The number of hydrogen-bond acceptors (Lipinski definition) is 3. The molecule has 1 amide bonds. The largest absolute Gasteiger partial charge is 0.322 e. The second-order valence-electron chi connectivity index (χ2n) is 5.14. The summed E-state index contributed by atoms with van der Waals surface area (Å²) in [7, 11) is -1.95. The molecule has 0 aliphatic heterocycles. The minimum Gasteiger partial charge on any atom is -0.322 e. The number of benzene rings is 2. The van der Waals surface area contributed by atoms with Crippen molar-refractivity contribution in [3.05, 3.63) is 58.6 Å². The molecule has 0 heterocycles. The van der Waals surface area contributed by atoms with Gasteiger partial charge in [0.1, 0.15) is 0 Å². The van der Waals surface area contributed by atoms with Crippen molar-refractivity contribution in [3.63, 3.8) is 0 Å². The van der Waals surface area contributed by atoms with Crippen LogP contribution in [0.1, 0.15) is 15.9 Å². The summed E-state index contributed by atoms with van der Waals surface area (Å²) in [6, 6.07) is 11.8. The average Bonchev–Trinajstić information content (AvgIpc) is 2.45. The summed E-state index contributed by atoms with van der Waals surface area (Å²) in [5.74, 6) is -0.325. The Bertz CT molecular complexity index is 850. The number of amides is 1. The minimum absolute atomic E-state index is 0.325. The van der Waals surface area contributed by atoms with Crippen LogP contribution in [0.25, 0.3) is 0 Å². The van der Waals surface area contributed by atoms with Crippen molar-refractivity contribution in [2.24, 2.45) is 0 Å². The van der Waals surface area contributed by atoms with E-state index in [1.54, 1.807) is 49.4 Å². The molecule has 2 rings (SSSR count). The Hall–Kier alpha value is -2.05. The van der Waals surface area contributed by atoms with E-state index in [9.17, 15) is 13.2 Å². The Labute approximate surface area is 140 Å². The van der Waals surface area contributed by atoms with E-state index in [4.69, 9.17) is 11.6 Å². The fourth-order valence-corrected chi connectivity index (χ4v) is 2.90. The first-order chi connectivity index (χ1) is 10.7. The van der Waals surface area contributed by atoms with E-state index < -0.39 is 10.0 Å². The van der Waals surface area contributed by atoms with E-state index in [2.05, 4.69) is 5.32 Å². The van der Waals surface area contributed by atoms with Gasteiger partial charge in [-0.1, -0.05) is 23.7 Å². The second kappa shape index (κ2) is 6.60. The van der Waals surface area contributed by atoms with Crippen LogP contribution in [-0.2, 0) is 10.0 Å². The number of carbonyl (C=O) groups excluding carboxylic acids is 1. The monoisotopic (exact) mass is 352 g/mol.